The van der Waals surface area contributed by atoms with Crippen molar-refractivity contribution < 1.29 is 13.2 Å². The summed E-state index contributed by atoms with van der Waals surface area (Å²) in [6, 6.07) is 25.8. The number of aromatic nitrogens is 1. The molecule has 1 heterocycles. The highest BCUT2D eigenvalue weighted by Crippen LogP contribution is 2.27. The smallest absolute Gasteiger partial charge is 0.272 e. The van der Waals surface area contributed by atoms with E-state index in [9.17, 15) is 13.2 Å². The number of hydrogen-bond acceptors (Lipinski definition) is 4. The Bertz CT molecular complexity index is 1450. The van der Waals surface area contributed by atoms with Crippen LogP contribution in [0.1, 0.15) is 16.1 Å². The molecule has 0 atom stereocenters. The van der Waals surface area contributed by atoms with Crippen LogP contribution in [0.4, 0.5) is 5.69 Å². The summed E-state index contributed by atoms with van der Waals surface area (Å²) in [7, 11) is -3.87. The van der Waals surface area contributed by atoms with Gasteiger partial charge in [0.05, 0.1) is 16.5 Å². The minimum atomic E-state index is -3.87. The van der Waals surface area contributed by atoms with Crippen LogP contribution in [0, 0.1) is 11.3 Å². The lowest BCUT2D eigenvalue weighted by molar-refractivity contribution is 0.102. The molecule has 158 valence electrons. The minimum absolute atomic E-state index is 0.0363. The largest absolute Gasteiger partial charge is 0.321 e. The maximum absolute atomic E-state index is 12.9. The molecule has 0 bridgehead atoms. The van der Waals surface area contributed by atoms with Crippen LogP contribution < -0.4 is 10.5 Å². The fourth-order valence-corrected chi connectivity index (χ4v) is 4.16. The van der Waals surface area contributed by atoms with Gasteiger partial charge in [0.25, 0.3) is 5.91 Å². The van der Waals surface area contributed by atoms with Crippen LogP contribution in [0.5, 0.6) is 0 Å². The monoisotopic (exact) mass is 442 g/mol. The van der Waals surface area contributed by atoms with E-state index in [4.69, 9.17) is 10.4 Å². The van der Waals surface area contributed by atoms with Crippen LogP contribution in [0.2, 0.25) is 0 Å². The fraction of sp³-hybridized carbons (Fsp3) is 0. The average molecular weight is 443 g/mol. The SMILES string of the molecule is N#Cc1cccc(-n2cccc2C(=O)Nc2ccc(-c3ccccc3S(N)(=O)=O)cc2)c1. The topological polar surface area (TPSA) is 118 Å². The summed E-state index contributed by atoms with van der Waals surface area (Å²) in [5.41, 5.74) is 3.30. The Balaban J connectivity index is 1.58. The van der Waals surface area contributed by atoms with Gasteiger partial charge in [-0.2, -0.15) is 5.26 Å². The number of rotatable bonds is 5. The molecule has 4 rings (SSSR count). The summed E-state index contributed by atoms with van der Waals surface area (Å²) in [6.45, 7) is 0. The van der Waals surface area contributed by atoms with Crippen molar-refractivity contribution in [2.45, 2.75) is 4.90 Å². The molecule has 0 fully saturated rings. The first-order valence-electron chi connectivity index (χ1n) is 9.58. The Morgan fingerprint density at radius 2 is 1.69 bits per heavy atom. The third kappa shape index (κ3) is 4.30. The summed E-state index contributed by atoms with van der Waals surface area (Å²) < 4.78 is 25.4. The second kappa shape index (κ2) is 8.51. The first-order valence-corrected chi connectivity index (χ1v) is 11.1. The molecular formula is C24H18N4O3S. The maximum Gasteiger partial charge on any atom is 0.272 e. The van der Waals surface area contributed by atoms with Gasteiger partial charge in [-0.15, -0.1) is 0 Å². The number of nitrogens with one attached hydrogen (secondary N) is 1. The highest BCUT2D eigenvalue weighted by atomic mass is 32.2. The van der Waals surface area contributed by atoms with Crippen molar-refractivity contribution in [1.29, 1.82) is 5.26 Å². The van der Waals surface area contributed by atoms with Gasteiger partial charge in [0.2, 0.25) is 10.0 Å². The summed E-state index contributed by atoms with van der Waals surface area (Å²) >= 11 is 0. The zero-order valence-electron chi connectivity index (χ0n) is 16.8. The molecular weight excluding hydrogens is 424 g/mol. The molecule has 0 aliphatic rings. The molecule has 1 aromatic heterocycles. The van der Waals surface area contributed by atoms with Crippen LogP contribution in [0.15, 0.2) is 96.0 Å². The van der Waals surface area contributed by atoms with Gasteiger partial charge in [0.1, 0.15) is 5.69 Å². The van der Waals surface area contributed by atoms with E-state index < -0.39 is 10.0 Å². The quantitative estimate of drug-likeness (QED) is 0.487. The van der Waals surface area contributed by atoms with Gasteiger partial charge in [0, 0.05) is 23.1 Å². The van der Waals surface area contributed by atoms with Crippen molar-refractivity contribution >= 4 is 21.6 Å². The van der Waals surface area contributed by atoms with Crippen LogP contribution >= 0.6 is 0 Å². The van der Waals surface area contributed by atoms with Crippen molar-refractivity contribution in [2.75, 3.05) is 5.32 Å². The second-order valence-electron chi connectivity index (χ2n) is 7.00. The van der Waals surface area contributed by atoms with Crippen LogP contribution in [0.25, 0.3) is 16.8 Å². The normalized spacial score (nSPS) is 11.0. The highest BCUT2D eigenvalue weighted by Gasteiger charge is 2.16. The van der Waals surface area contributed by atoms with Gasteiger partial charge in [-0.25, -0.2) is 13.6 Å². The Kier molecular flexibility index (Phi) is 5.60. The number of carbonyl (C=O) groups is 1. The first kappa shape index (κ1) is 21.1. The zero-order valence-corrected chi connectivity index (χ0v) is 17.6. The van der Waals surface area contributed by atoms with Crippen LogP contribution in [-0.4, -0.2) is 18.9 Å². The Hall–Kier alpha value is -4.19. The Labute approximate surface area is 185 Å². The predicted octanol–water partition coefficient (Wildman–Crippen LogP) is 3.92. The predicted molar refractivity (Wildman–Crippen MR) is 122 cm³/mol. The zero-order chi connectivity index (χ0) is 22.7. The molecule has 0 aliphatic heterocycles. The lowest BCUT2D eigenvalue weighted by Crippen LogP contribution is -2.16. The first-order chi connectivity index (χ1) is 15.4. The molecule has 32 heavy (non-hydrogen) atoms. The molecule has 0 saturated carbocycles. The fourth-order valence-electron chi connectivity index (χ4n) is 3.40. The maximum atomic E-state index is 12.9. The minimum Gasteiger partial charge on any atom is -0.321 e. The molecule has 0 saturated heterocycles. The van der Waals surface area contributed by atoms with E-state index in [2.05, 4.69) is 11.4 Å². The second-order valence-corrected chi connectivity index (χ2v) is 8.53. The molecule has 1 amide bonds. The molecule has 0 aliphatic carbocycles. The van der Waals surface area contributed by atoms with Gasteiger partial charge >= 0.3 is 0 Å². The number of anilines is 1. The molecule has 8 heteroatoms. The highest BCUT2D eigenvalue weighted by molar-refractivity contribution is 7.89. The van der Waals surface area contributed by atoms with Gasteiger partial charge in [0.15, 0.2) is 0 Å². The van der Waals surface area contributed by atoms with Crippen molar-refractivity contribution in [1.82, 2.24) is 4.57 Å². The lowest BCUT2D eigenvalue weighted by Gasteiger charge is -2.11. The number of nitriles is 1. The number of nitrogens with zero attached hydrogens (tertiary/aromatic N) is 2. The van der Waals surface area contributed by atoms with E-state index in [1.807, 2.05) is 6.07 Å². The number of amides is 1. The third-order valence-corrected chi connectivity index (χ3v) is 5.85. The van der Waals surface area contributed by atoms with Crippen LogP contribution in [0.3, 0.4) is 0 Å². The third-order valence-electron chi connectivity index (χ3n) is 4.88. The van der Waals surface area contributed by atoms with Gasteiger partial charge in [-0.05, 0) is 54.1 Å². The Morgan fingerprint density at radius 3 is 2.41 bits per heavy atom. The molecule has 3 aromatic carbocycles. The number of carbonyl (C=O) groups excluding carboxylic acids is 1. The van der Waals surface area contributed by atoms with Crippen molar-refractivity contribution in [2.24, 2.45) is 5.14 Å². The number of primary sulfonamides is 1. The lowest BCUT2D eigenvalue weighted by atomic mass is 10.1. The van der Waals surface area contributed by atoms with E-state index in [1.165, 1.54) is 6.07 Å². The van der Waals surface area contributed by atoms with Gasteiger partial charge in [-0.1, -0.05) is 36.4 Å². The summed E-state index contributed by atoms with van der Waals surface area (Å²) in [6.07, 6.45) is 1.75. The molecule has 7 nitrogen and oxygen atoms in total. The van der Waals surface area contributed by atoms with Crippen LogP contribution in [-0.2, 0) is 10.0 Å². The molecule has 4 aromatic rings. The average Bonchev–Trinajstić information content (AvgIpc) is 3.29. The van der Waals surface area contributed by atoms with E-state index in [1.54, 1.807) is 83.6 Å². The van der Waals surface area contributed by atoms with E-state index in [-0.39, 0.29) is 10.8 Å². The number of nitrogens with two attached hydrogens (primary N) is 1. The van der Waals surface area contributed by atoms with E-state index in [0.717, 1.165) is 0 Å². The summed E-state index contributed by atoms with van der Waals surface area (Å²) in [5.74, 6) is -0.324. The number of hydrogen-bond donors (Lipinski definition) is 2. The summed E-state index contributed by atoms with van der Waals surface area (Å²) in [5, 5.41) is 17.3. The summed E-state index contributed by atoms with van der Waals surface area (Å²) in [4.78, 5) is 12.9. The molecule has 0 spiro atoms. The number of benzene rings is 3. The number of sulfonamides is 1. The van der Waals surface area contributed by atoms with Crippen molar-refractivity contribution in [3.63, 3.8) is 0 Å². The van der Waals surface area contributed by atoms with Gasteiger partial charge < -0.3 is 9.88 Å². The standard InChI is InChI=1S/C24H18N4O3S/c25-16-17-5-3-6-20(15-17)28-14-4-8-22(28)24(29)27-19-12-10-18(11-13-19)21-7-1-2-9-23(21)32(26,30)31/h1-15H,(H,27,29)(H2,26,30,31). The van der Waals surface area contributed by atoms with Crippen molar-refractivity contribution in [3.05, 3.63) is 102 Å². The molecule has 0 radical (unpaired) electrons. The molecule has 0 unspecified atom stereocenters. The molecule has 3 N–H and O–H groups in total. The van der Waals surface area contributed by atoms with Gasteiger partial charge in [-0.3, -0.25) is 4.79 Å². The van der Waals surface area contributed by atoms with Crippen molar-refractivity contribution in [3.8, 4) is 22.9 Å². The van der Waals surface area contributed by atoms with E-state index in [0.29, 0.717) is 33.8 Å². The Morgan fingerprint density at radius 1 is 0.938 bits per heavy atom. The van der Waals surface area contributed by atoms with E-state index >= 15 is 0 Å².